The van der Waals surface area contributed by atoms with E-state index in [2.05, 4.69) is 4.98 Å². The van der Waals surface area contributed by atoms with Crippen LogP contribution in [0, 0.1) is 0 Å². The number of fused-ring (bicyclic) bond motifs is 1. The van der Waals surface area contributed by atoms with Gasteiger partial charge in [-0.25, -0.2) is 0 Å². The molecule has 1 heterocycles. The van der Waals surface area contributed by atoms with Gasteiger partial charge in [-0.2, -0.15) is 13.2 Å². The lowest BCUT2D eigenvalue weighted by molar-refractivity contribution is -0.136. The van der Waals surface area contributed by atoms with Crippen molar-refractivity contribution in [2.45, 2.75) is 12.7 Å². The van der Waals surface area contributed by atoms with Gasteiger partial charge in [-0.15, -0.1) is 0 Å². The van der Waals surface area contributed by atoms with E-state index < -0.39 is 11.7 Å². The quantitative estimate of drug-likeness (QED) is 0.465. The topological polar surface area (TPSA) is 59.1 Å². The Hall–Kier alpha value is -3.38. The van der Waals surface area contributed by atoms with E-state index in [9.17, 15) is 18.3 Å². The molecule has 0 aliphatic carbocycles. The van der Waals surface area contributed by atoms with Gasteiger partial charge in [0.15, 0.2) is 0 Å². The number of nitrogens with zero attached hydrogens (tertiary/aromatic N) is 1. The summed E-state index contributed by atoms with van der Waals surface area (Å²) in [4.78, 5) is 4.18. The van der Waals surface area contributed by atoms with E-state index in [-0.39, 0.29) is 17.8 Å². The second kappa shape index (κ2) is 7.22. The smallest absolute Gasteiger partial charge is 0.418 e. The molecule has 0 aliphatic heterocycles. The van der Waals surface area contributed by atoms with Crippen LogP contribution in [0.2, 0.25) is 0 Å². The molecule has 0 saturated carbocycles. The number of phenols is 1. The number of aromatic hydroxyl groups is 1. The average molecular weight is 394 g/mol. The maximum Gasteiger partial charge on any atom is 0.418 e. The van der Waals surface area contributed by atoms with E-state index in [1.165, 1.54) is 24.4 Å². The van der Waals surface area contributed by atoms with Crippen LogP contribution in [0.1, 0.15) is 11.1 Å². The van der Waals surface area contributed by atoms with Gasteiger partial charge in [-0.1, -0.05) is 48.5 Å². The van der Waals surface area contributed by atoms with Gasteiger partial charge in [0.05, 0.1) is 11.1 Å². The zero-order valence-electron chi connectivity index (χ0n) is 15.2. The monoisotopic (exact) mass is 394 g/mol. The molecular formula is C23H17F3N2O. The molecule has 6 heteroatoms. The zero-order chi connectivity index (χ0) is 20.6. The SMILES string of the molecule is NCc1ccccc1-c1cnc2c(C(F)(F)F)cccc2c1-c1cccc(O)c1. The molecule has 4 rings (SSSR count). The summed E-state index contributed by atoms with van der Waals surface area (Å²) in [6, 6.07) is 17.9. The largest absolute Gasteiger partial charge is 0.508 e. The number of hydrogen-bond acceptors (Lipinski definition) is 3. The Bertz CT molecular complexity index is 1200. The summed E-state index contributed by atoms with van der Waals surface area (Å²) < 4.78 is 40.7. The highest BCUT2D eigenvalue weighted by Gasteiger charge is 2.33. The van der Waals surface area contributed by atoms with Crippen molar-refractivity contribution in [2.24, 2.45) is 5.73 Å². The third-order valence-electron chi connectivity index (χ3n) is 4.87. The predicted octanol–water partition coefficient (Wildman–Crippen LogP) is 5.75. The number of pyridine rings is 1. The van der Waals surface area contributed by atoms with E-state index >= 15 is 0 Å². The van der Waals surface area contributed by atoms with Crippen LogP contribution in [-0.2, 0) is 12.7 Å². The molecule has 1 aromatic heterocycles. The first kappa shape index (κ1) is 19.0. The summed E-state index contributed by atoms with van der Waals surface area (Å²) >= 11 is 0. The van der Waals surface area contributed by atoms with Crippen molar-refractivity contribution in [1.82, 2.24) is 4.98 Å². The summed E-state index contributed by atoms with van der Waals surface area (Å²) in [6.07, 6.45) is -3.08. The van der Waals surface area contributed by atoms with Crippen molar-refractivity contribution in [3.8, 4) is 28.0 Å². The van der Waals surface area contributed by atoms with Crippen LogP contribution in [0.25, 0.3) is 33.2 Å². The third-order valence-corrected chi connectivity index (χ3v) is 4.87. The Morgan fingerprint density at radius 2 is 1.66 bits per heavy atom. The van der Waals surface area contributed by atoms with E-state index in [1.54, 1.807) is 18.2 Å². The molecule has 146 valence electrons. The van der Waals surface area contributed by atoms with Crippen molar-refractivity contribution in [3.63, 3.8) is 0 Å². The fourth-order valence-corrected chi connectivity index (χ4v) is 3.59. The Kier molecular flexibility index (Phi) is 4.72. The number of hydrogen-bond donors (Lipinski definition) is 2. The summed E-state index contributed by atoms with van der Waals surface area (Å²) in [5, 5.41) is 10.3. The van der Waals surface area contributed by atoms with Crippen LogP contribution in [0.5, 0.6) is 5.75 Å². The lowest BCUT2D eigenvalue weighted by Gasteiger charge is -2.18. The molecule has 0 aliphatic rings. The first-order valence-electron chi connectivity index (χ1n) is 8.97. The van der Waals surface area contributed by atoms with Crippen LogP contribution in [0.15, 0.2) is 72.9 Å². The number of aromatic nitrogens is 1. The minimum atomic E-state index is -4.53. The molecule has 4 aromatic rings. The minimum Gasteiger partial charge on any atom is -0.508 e. The Balaban J connectivity index is 2.14. The number of para-hydroxylation sites is 1. The first-order chi connectivity index (χ1) is 13.9. The minimum absolute atomic E-state index is 0.0255. The average Bonchev–Trinajstić information content (AvgIpc) is 2.71. The van der Waals surface area contributed by atoms with Gasteiger partial charge in [0, 0.05) is 29.3 Å². The van der Waals surface area contributed by atoms with E-state index in [0.29, 0.717) is 22.1 Å². The van der Waals surface area contributed by atoms with Crippen LogP contribution in [-0.4, -0.2) is 10.1 Å². The normalized spacial score (nSPS) is 11.7. The van der Waals surface area contributed by atoms with Crippen LogP contribution in [0.4, 0.5) is 13.2 Å². The molecule has 3 nitrogen and oxygen atoms in total. The fourth-order valence-electron chi connectivity index (χ4n) is 3.59. The molecule has 3 aromatic carbocycles. The van der Waals surface area contributed by atoms with E-state index in [0.717, 1.165) is 17.2 Å². The zero-order valence-corrected chi connectivity index (χ0v) is 15.2. The van der Waals surface area contributed by atoms with Gasteiger partial charge < -0.3 is 10.8 Å². The lowest BCUT2D eigenvalue weighted by atomic mass is 9.89. The standard InChI is InChI=1S/C23H17F3N2O/c24-23(25,26)20-10-4-9-18-21(14-6-3-7-16(29)11-14)19(13-28-22(18)20)17-8-2-1-5-15(17)12-27/h1-11,13,29H,12,27H2. The molecule has 0 atom stereocenters. The van der Waals surface area contributed by atoms with Gasteiger partial charge in [0.2, 0.25) is 0 Å². The number of rotatable bonds is 3. The number of nitrogens with two attached hydrogens (primary N) is 1. The van der Waals surface area contributed by atoms with E-state index in [4.69, 9.17) is 5.73 Å². The molecule has 0 unspecified atom stereocenters. The number of alkyl halides is 3. The Labute approximate surface area is 165 Å². The fraction of sp³-hybridized carbons (Fsp3) is 0.0870. The highest BCUT2D eigenvalue weighted by atomic mass is 19.4. The van der Waals surface area contributed by atoms with Crippen molar-refractivity contribution < 1.29 is 18.3 Å². The maximum absolute atomic E-state index is 13.6. The van der Waals surface area contributed by atoms with Crippen molar-refractivity contribution in [3.05, 3.63) is 84.1 Å². The molecule has 0 fully saturated rings. The van der Waals surface area contributed by atoms with Crippen LogP contribution >= 0.6 is 0 Å². The molecule has 3 N–H and O–H groups in total. The van der Waals surface area contributed by atoms with Crippen molar-refractivity contribution >= 4 is 10.9 Å². The molecule has 0 radical (unpaired) electrons. The third kappa shape index (κ3) is 3.43. The molecule has 0 spiro atoms. The second-order valence-corrected chi connectivity index (χ2v) is 6.66. The number of halogens is 3. The van der Waals surface area contributed by atoms with Crippen molar-refractivity contribution in [1.29, 1.82) is 0 Å². The molecule has 0 amide bonds. The summed E-state index contributed by atoms with van der Waals surface area (Å²) in [7, 11) is 0. The molecule has 0 saturated heterocycles. The van der Waals surface area contributed by atoms with Crippen molar-refractivity contribution in [2.75, 3.05) is 0 Å². The molecule has 0 bridgehead atoms. The lowest BCUT2D eigenvalue weighted by Crippen LogP contribution is -2.07. The van der Waals surface area contributed by atoms with Crippen LogP contribution in [0.3, 0.4) is 0 Å². The summed E-state index contributed by atoms with van der Waals surface area (Å²) in [5.74, 6) is 0.0255. The van der Waals surface area contributed by atoms with Gasteiger partial charge in [0.25, 0.3) is 0 Å². The number of benzene rings is 3. The summed E-state index contributed by atoms with van der Waals surface area (Å²) in [5.41, 5.74) is 8.42. The van der Waals surface area contributed by atoms with E-state index in [1.807, 2.05) is 24.3 Å². The Morgan fingerprint density at radius 1 is 0.897 bits per heavy atom. The van der Waals surface area contributed by atoms with Gasteiger partial charge in [-0.3, -0.25) is 4.98 Å². The molecule has 29 heavy (non-hydrogen) atoms. The van der Waals surface area contributed by atoms with Gasteiger partial charge in [0.1, 0.15) is 5.75 Å². The predicted molar refractivity (Wildman–Crippen MR) is 107 cm³/mol. The maximum atomic E-state index is 13.6. The highest BCUT2D eigenvalue weighted by Crippen LogP contribution is 2.42. The van der Waals surface area contributed by atoms with Gasteiger partial charge >= 0.3 is 6.18 Å². The number of phenolic OH excluding ortho intramolecular Hbond substituents is 1. The van der Waals surface area contributed by atoms with Gasteiger partial charge in [-0.05, 0) is 34.9 Å². The first-order valence-corrected chi connectivity index (χ1v) is 8.97. The second-order valence-electron chi connectivity index (χ2n) is 6.66. The summed E-state index contributed by atoms with van der Waals surface area (Å²) in [6.45, 7) is 0.274. The van der Waals surface area contributed by atoms with Crippen LogP contribution < -0.4 is 5.73 Å². The highest BCUT2D eigenvalue weighted by molar-refractivity contribution is 6.03. The Morgan fingerprint density at radius 3 is 2.38 bits per heavy atom. The molecular weight excluding hydrogens is 377 g/mol.